The maximum Gasteiger partial charge on any atom is 0.0390 e. The van der Waals surface area contributed by atoms with Crippen molar-refractivity contribution in [1.82, 2.24) is 0 Å². The first-order valence-corrected chi connectivity index (χ1v) is 5.45. The van der Waals surface area contributed by atoms with Crippen LogP contribution >= 0.6 is 15.9 Å². The molecule has 0 radical (unpaired) electrons. The molecule has 0 spiro atoms. The first-order valence-electron chi connectivity index (χ1n) is 4.32. The van der Waals surface area contributed by atoms with Gasteiger partial charge in [0.25, 0.3) is 0 Å². The van der Waals surface area contributed by atoms with Crippen LogP contribution in [-0.4, -0.2) is 5.33 Å². The van der Waals surface area contributed by atoms with Crippen LogP contribution in [0.1, 0.15) is 17.5 Å². The van der Waals surface area contributed by atoms with E-state index in [9.17, 15) is 0 Å². The third-order valence-corrected chi connectivity index (χ3v) is 2.27. The lowest BCUT2D eigenvalue weighted by atomic mass is 10.1. The van der Waals surface area contributed by atoms with E-state index < -0.39 is 0 Å². The van der Waals surface area contributed by atoms with Gasteiger partial charge in [0.2, 0.25) is 0 Å². The van der Waals surface area contributed by atoms with Crippen molar-refractivity contribution >= 4 is 27.7 Å². The monoisotopic (exact) mass is 239 g/mol. The quantitative estimate of drug-likeness (QED) is 0.636. The summed E-state index contributed by atoms with van der Waals surface area (Å²) < 4.78 is 0. The fourth-order valence-corrected chi connectivity index (χ4v) is 1.38. The summed E-state index contributed by atoms with van der Waals surface area (Å²) in [5.41, 5.74) is 9.00. The van der Waals surface area contributed by atoms with E-state index in [2.05, 4.69) is 40.2 Å². The van der Waals surface area contributed by atoms with E-state index in [-0.39, 0.29) is 0 Å². The number of rotatable bonds is 3. The Morgan fingerprint density at radius 2 is 2.23 bits per heavy atom. The number of anilines is 1. The lowest BCUT2D eigenvalue weighted by Crippen LogP contribution is -1.89. The number of halogens is 1. The minimum Gasteiger partial charge on any atom is -0.398 e. The van der Waals surface area contributed by atoms with Crippen molar-refractivity contribution in [2.45, 2.75) is 13.3 Å². The van der Waals surface area contributed by atoms with E-state index in [0.717, 1.165) is 23.0 Å². The molecule has 0 aliphatic heterocycles. The van der Waals surface area contributed by atoms with Gasteiger partial charge in [-0.1, -0.05) is 40.2 Å². The van der Waals surface area contributed by atoms with Crippen molar-refractivity contribution in [3.63, 3.8) is 0 Å². The zero-order valence-corrected chi connectivity index (χ0v) is 9.34. The van der Waals surface area contributed by atoms with Crippen LogP contribution < -0.4 is 5.73 Å². The Kier molecular flexibility index (Phi) is 4.03. The lowest BCUT2D eigenvalue weighted by Gasteiger charge is -2.00. The SMILES string of the molecule is Cc1ccc(C=CCCBr)c(N)c1. The van der Waals surface area contributed by atoms with Gasteiger partial charge in [0, 0.05) is 11.0 Å². The first kappa shape index (κ1) is 10.3. The number of nitrogen functional groups attached to an aromatic ring is 1. The Labute approximate surface area is 87.8 Å². The number of aryl methyl sites for hydroxylation is 1. The molecule has 1 aromatic rings. The zero-order valence-electron chi connectivity index (χ0n) is 7.76. The van der Waals surface area contributed by atoms with E-state index in [1.54, 1.807) is 0 Å². The maximum absolute atomic E-state index is 5.84. The minimum atomic E-state index is 0.853. The Morgan fingerprint density at radius 3 is 2.85 bits per heavy atom. The zero-order chi connectivity index (χ0) is 9.68. The summed E-state index contributed by atoms with van der Waals surface area (Å²) in [5, 5.41) is 0.995. The number of hydrogen-bond donors (Lipinski definition) is 1. The van der Waals surface area contributed by atoms with Crippen LogP contribution in [0.5, 0.6) is 0 Å². The molecule has 0 aromatic heterocycles. The van der Waals surface area contributed by atoms with Crippen LogP contribution in [0.2, 0.25) is 0 Å². The topological polar surface area (TPSA) is 26.0 Å². The fraction of sp³-hybridized carbons (Fsp3) is 0.273. The van der Waals surface area contributed by atoms with Gasteiger partial charge in [-0.3, -0.25) is 0 Å². The van der Waals surface area contributed by atoms with Crippen molar-refractivity contribution in [1.29, 1.82) is 0 Å². The minimum absolute atomic E-state index is 0.853. The van der Waals surface area contributed by atoms with Crippen molar-refractivity contribution in [3.8, 4) is 0 Å². The molecule has 1 aromatic carbocycles. The molecule has 70 valence electrons. The van der Waals surface area contributed by atoms with Crippen LogP contribution in [0.25, 0.3) is 6.08 Å². The largest absolute Gasteiger partial charge is 0.398 e. The standard InChI is InChI=1S/C11H14BrN/c1-9-5-6-10(11(13)8-9)4-2-3-7-12/h2,4-6,8H,3,7,13H2,1H3. The van der Waals surface area contributed by atoms with E-state index in [1.807, 2.05) is 13.0 Å². The molecule has 0 atom stereocenters. The molecule has 0 heterocycles. The predicted molar refractivity (Wildman–Crippen MR) is 63.0 cm³/mol. The van der Waals surface area contributed by atoms with Gasteiger partial charge in [-0.2, -0.15) is 0 Å². The summed E-state index contributed by atoms with van der Waals surface area (Å²) in [7, 11) is 0. The van der Waals surface area contributed by atoms with Crippen molar-refractivity contribution in [2.24, 2.45) is 0 Å². The third-order valence-electron chi connectivity index (χ3n) is 1.82. The lowest BCUT2D eigenvalue weighted by molar-refractivity contribution is 1.27. The van der Waals surface area contributed by atoms with E-state index in [4.69, 9.17) is 5.73 Å². The molecule has 0 unspecified atom stereocenters. The molecular weight excluding hydrogens is 226 g/mol. The summed E-state index contributed by atoms with van der Waals surface area (Å²) in [4.78, 5) is 0. The number of benzene rings is 1. The van der Waals surface area contributed by atoms with Crippen molar-refractivity contribution < 1.29 is 0 Å². The van der Waals surface area contributed by atoms with Gasteiger partial charge in [-0.05, 0) is 30.5 Å². The van der Waals surface area contributed by atoms with Crippen molar-refractivity contribution in [2.75, 3.05) is 11.1 Å². The smallest absolute Gasteiger partial charge is 0.0390 e. The number of nitrogens with two attached hydrogens (primary N) is 1. The summed E-state index contributed by atoms with van der Waals surface area (Å²) in [5.74, 6) is 0. The highest BCUT2D eigenvalue weighted by Crippen LogP contribution is 2.15. The van der Waals surface area contributed by atoms with Gasteiger partial charge in [0.1, 0.15) is 0 Å². The molecule has 0 saturated carbocycles. The Bertz CT molecular complexity index is 305. The van der Waals surface area contributed by atoms with Crippen molar-refractivity contribution in [3.05, 3.63) is 35.4 Å². The van der Waals surface area contributed by atoms with Crippen LogP contribution in [0.3, 0.4) is 0 Å². The number of alkyl halides is 1. The summed E-state index contributed by atoms with van der Waals surface area (Å²) in [6.07, 6.45) is 5.22. The van der Waals surface area contributed by atoms with Crippen LogP contribution in [0.15, 0.2) is 24.3 Å². The third kappa shape index (κ3) is 3.23. The molecule has 0 aliphatic carbocycles. The molecular formula is C11H14BrN. The summed E-state index contributed by atoms with van der Waals surface area (Å²) >= 11 is 3.37. The molecule has 0 aliphatic rings. The second-order valence-electron chi connectivity index (χ2n) is 3.01. The Hall–Kier alpha value is -0.760. The van der Waals surface area contributed by atoms with Gasteiger partial charge in [0.05, 0.1) is 0 Å². The number of allylic oxidation sites excluding steroid dienone is 1. The Balaban J connectivity index is 2.77. The summed E-state index contributed by atoms with van der Waals surface area (Å²) in [6, 6.07) is 6.12. The van der Waals surface area contributed by atoms with Crippen LogP contribution in [0, 0.1) is 6.92 Å². The first-order chi connectivity index (χ1) is 6.24. The maximum atomic E-state index is 5.84. The van der Waals surface area contributed by atoms with Crippen LogP contribution in [-0.2, 0) is 0 Å². The van der Waals surface area contributed by atoms with Crippen LogP contribution in [0.4, 0.5) is 5.69 Å². The van der Waals surface area contributed by atoms with Gasteiger partial charge in [-0.15, -0.1) is 0 Å². The molecule has 0 bridgehead atoms. The molecule has 2 heteroatoms. The normalized spacial score (nSPS) is 10.9. The van der Waals surface area contributed by atoms with Gasteiger partial charge in [-0.25, -0.2) is 0 Å². The Morgan fingerprint density at radius 1 is 1.46 bits per heavy atom. The molecule has 1 rings (SSSR count). The second kappa shape index (κ2) is 5.07. The second-order valence-corrected chi connectivity index (χ2v) is 3.81. The average molecular weight is 240 g/mol. The molecule has 0 amide bonds. The van der Waals surface area contributed by atoms with Gasteiger partial charge >= 0.3 is 0 Å². The fourth-order valence-electron chi connectivity index (χ4n) is 1.12. The molecule has 0 fully saturated rings. The predicted octanol–water partition coefficient (Wildman–Crippen LogP) is 3.38. The van der Waals surface area contributed by atoms with E-state index >= 15 is 0 Å². The number of hydrogen-bond acceptors (Lipinski definition) is 1. The molecule has 13 heavy (non-hydrogen) atoms. The molecule has 0 saturated heterocycles. The highest BCUT2D eigenvalue weighted by molar-refractivity contribution is 9.09. The van der Waals surface area contributed by atoms with Gasteiger partial charge < -0.3 is 5.73 Å². The highest BCUT2D eigenvalue weighted by atomic mass is 79.9. The molecule has 2 N–H and O–H groups in total. The average Bonchev–Trinajstić information content (AvgIpc) is 2.09. The van der Waals surface area contributed by atoms with E-state index in [0.29, 0.717) is 0 Å². The van der Waals surface area contributed by atoms with Gasteiger partial charge in [0.15, 0.2) is 0 Å². The molecule has 1 nitrogen and oxygen atoms in total. The van der Waals surface area contributed by atoms with E-state index in [1.165, 1.54) is 5.56 Å². The summed E-state index contributed by atoms with van der Waals surface area (Å²) in [6.45, 7) is 2.04. The highest BCUT2D eigenvalue weighted by Gasteiger charge is 1.93.